The first-order chi connectivity index (χ1) is 18.2. The minimum absolute atomic E-state index is 0.203. The average molecular weight is 534 g/mol. The molecule has 208 valence electrons. The molecule has 0 atom stereocenters. The van der Waals surface area contributed by atoms with Gasteiger partial charge in [0, 0.05) is 37.4 Å². The predicted molar refractivity (Wildman–Crippen MR) is 151 cm³/mol. The molecule has 0 aliphatic carbocycles. The number of hydrogen-bond acceptors (Lipinski definition) is 5. The van der Waals surface area contributed by atoms with E-state index in [1.54, 1.807) is 15.9 Å². The minimum Gasteiger partial charge on any atom is -0.444 e. The summed E-state index contributed by atoms with van der Waals surface area (Å²) >= 11 is 0. The molecule has 39 heavy (non-hydrogen) atoms. The molecule has 2 heterocycles. The van der Waals surface area contributed by atoms with E-state index in [0.29, 0.717) is 37.4 Å². The number of fused-ring (bicyclic) bond motifs is 1. The van der Waals surface area contributed by atoms with Crippen molar-refractivity contribution < 1.29 is 23.9 Å². The second kappa shape index (κ2) is 10.8. The van der Waals surface area contributed by atoms with Gasteiger partial charge in [-0.25, -0.2) is 9.59 Å². The largest absolute Gasteiger partial charge is 0.444 e. The van der Waals surface area contributed by atoms with Gasteiger partial charge in [0.25, 0.3) is 5.91 Å². The van der Waals surface area contributed by atoms with E-state index in [1.807, 2.05) is 78.8 Å². The maximum absolute atomic E-state index is 13.0. The van der Waals surface area contributed by atoms with Crippen LogP contribution in [-0.4, -0.2) is 52.2 Å². The van der Waals surface area contributed by atoms with Crippen molar-refractivity contribution in [2.75, 3.05) is 18.4 Å². The van der Waals surface area contributed by atoms with E-state index in [4.69, 9.17) is 9.47 Å². The maximum atomic E-state index is 13.0. The Bertz CT molecular complexity index is 1320. The Morgan fingerprint density at radius 3 is 2.05 bits per heavy atom. The monoisotopic (exact) mass is 533 g/mol. The van der Waals surface area contributed by atoms with Crippen LogP contribution in [0.2, 0.25) is 0 Å². The molecule has 1 N–H and O–H groups in total. The van der Waals surface area contributed by atoms with Gasteiger partial charge in [0.15, 0.2) is 0 Å². The molecular weight excluding hydrogens is 494 g/mol. The number of anilines is 1. The summed E-state index contributed by atoms with van der Waals surface area (Å²) in [6.45, 7) is 15.1. The number of nitrogens with one attached hydrogen (secondary N) is 1. The van der Waals surface area contributed by atoms with Crippen LogP contribution >= 0.6 is 0 Å². The summed E-state index contributed by atoms with van der Waals surface area (Å²) in [4.78, 5) is 41.2. The molecule has 2 aromatic carbocycles. The van der Waals surface area contributed by atoms with Crippen molar-refractivity contribution in [2.24, 2.45) is 0 Å². The Morgan fingerprint density at radius 1 is 0.821 bits per heavy atom. The lowest BCUT2D eigenvalue weighted by molar-refractivity contribution is 0.0238. The van der Waals surface area contributed by atoms with E-state index in [9.17, 15) is 14.4 Å². The molecule has 0 radical (unpaired) electrons. The second-order valence-electron chi connectivity index (χ2n) is 12.2. The van der Waals surface area contributed by atoms with E-state index >= 15 is 0 Å². The van der Waals surface area contributed by atoms with Crippen LogP contribution in [0.25, 0.3) is 5.57 Å². The molecule has 0 bridgehead atoms. The smallest absolute Gasteiger partial charge is 0.410 e. The van der Waals surface area contributed by atoms with Crippen LogP contribution in [0.5, 0.6) is 0 Å². The fraction of sp³-hybridized carbons (Fsp3) is 0.452. The van der Waals surface area contributed by atoms with Crippen LogP contribution in [0.15, 0.2) is 42.5 Å². The fourth-order valence-electron chi connectivity index (χ4n) is 4.70. The summed E-state index contributed by atoms with van der Waals surface area (Å²) in [5.74, 6) is -0.203. The third-order valence-electron chi connectivity index (χ3n) is 6.53. The van der Waals surface area contributed by atoms with Gasteiger partial charge in [-0.1, -0.05) is 18.2 Å². The number of ether oxygens (including phenoxy) is 2. The quantitative estimate of drug-likeness (QED) is 0.485. The van der Waals surface area contributed by atoms with Gasteiger partial charge in [-0.15, -0.1) is 0 Å². The van der Waals surface area contributed by atoms with E-state index in [-0.39, 0.29) is 18.1 Å². The van der Waals surface area contributed by atoms with Crippen molar-refractivity contribution in [3.8, 4) is 0 Å². The van der Waals surface area contributed by atoms with E-state index in [2.05, 4.69) is 11.4 Å². The summed E-state index contributed by atoms with van der Waals surface area (Å²) in [6.07, 6.45) is 2.16. The van der Waals surface area contributed by atoms with Crippen molar-refractivity contribution in [3.05, 3.63) is 70.3 Å². The lowest BCUT2D eigenvalue weighted by atomic mass is 9.95. The summed E-state index contributed by atoms with van der Waals surface area (Å²) in [5.41, 5.74) is 5.48. The van der Waals surface area contributed by atoms with Crippen molar-refractivity contribution in [3.63, 3.8) is 0 Å². The van der Waals surface area contributed by atoms with Gasteiger partial charge in [-0.05, 0) is 107 Å². The number of carbonyl (C=O) groups excluding carboxylic acids is 3. The first kappa shape index (κ1) is 28.2. The third kappa shape index (κ3) is 7.19. The highest BCUT2D eigenvalue weighted by Crippen LogP contribution is 2.29. The lowest BCUT2D eigenvalue weighted by Crippen LogP contribution is -2.39. The Labute approximate surface area is 231 Å². The fourth-order valence-corrected chi connectivity index (χ4v) is 4.70. The standard InChI is InChI=1S/C31H39N3O5/c1-20-16-25(10-11-26(20)21-12-14-33(15-13-21)28(36)38-30(2,3)4)32-27(35)22-8-9-23-18-34(19-24(23)17-22)29(37)39-31(5,6)7/h8-12,16-17H,13-15,18-19H2,1-7H3,(H,32,35). The van der Waals surface area contributed by atoms with Gasteiger partial charge in [-0.3, -0.25) is 9.69 Å². The summed E-state index contributed by atoms with van der Waals surface area (Å²) < 4.78 is 11.0. The highest BCUT2D eigenvalue weighted by Gasteiger charge is 2.28. The molecule has 0 fully saturated rings. The molecule has 2 aliphatic rings. The van der Waals surface area contributed by atoms with Gasteiger partial charge in [-0.2, -0.15) is 0 Å². The first-order valence-corrected chi connectivity index (χ1v) is 13.4. The highest BCUT2D eigenvalue weighted by molar-refractivity contribution is 6.04. The second-order valence-corrected chi connectivity index (χ2v) is 12.2. The van der Waals surface area contributed by atoms with E-state index in [1.165, 1.54) is 5.57 Å². The van der Waals surface area contributed by atoms with Gasteiger partial charge in [0.1, 0.15) is 11.2 Å². The van der Waals surface area contributed by atoms with Gasteiger partial charge in [0.2, 0.25) is 0 Å². The number of benzene rings is 2. The zero-order valence-electron chi connectivity index (χ0n) is 24.0. The van der Waals surface area contributed by atoms with Crippen LogP contribution < -0.4 is 5.32 Å². The van der Waals surface area contributed by atoms with Crippen LogP contribution in [0, 0.1) is 6.92 Å². The molecule has 0 saturated carbocycles. The predicted octanol–water partition coefficient (Wildman–Crippen LogP) is 6.52. The summed E-state index contributed by atoms with van der Waals surface area (Å²) in [6, 6.07) is 11.4. The maximum Gasteiger partial charge on any atom is 0.410 e. The number of rotatable bonds is 3. The minimum atomic E-state index is -0.557. The summed E-state index contributed by atoms with van der Waals surface area (Å²) in [5, 5.41) is 3.00. The number of hydrogen-bond donors (Lipinski definition) is 1. The van der Waals surface area contributed by atoms with Crippen molar-refractivity contribution in [1.29, 1.82) is 0 Å². The van der Waals surface area contributed by atoms with E-state index in [0.717, 1.165) is 28.7 Å². The zero-order chi connectivity index (χ0) is 28.5. The van der Waals surface area contributed by atoms with Gasteiger partial charge in [0.05, 0.1) is 0 Å². The zero-order valence-corrected chi connectivity index (χ0v) is 24.0. The highest BCUT2D eigenvalue weighted by atomic mass is 16.6. The molecule has 0 spiro atoms. The Kier molecular flexibility index (Phi) is 7.77. The lowest BCUT2D eigenvalue weighted by Gasteiger charge is -2.30. The molecule has 0 saturated heterocycles. The molecule has 0 unspecified atom stereocenters. The Hall–Kier alpha value is -3.81. The molecule has 4 rings (SSSR count). The number of aryl methyl sites for hydroxylation is 1. The third-order valence-corrected chi connectivity index (χ3v) is 6.53. The average Bonchev–Trinajstić information content (AvgIpc) is 3.26. The molecule has 2 aromatic rings. The van der Waals surface area contributed by atoms with Crippen LogP contribution in [0.1, 0.15) is 80.6 Å². The van der Waals surface area contributed by atoms with Crippen LogP contribution in [0.3, 0.4) is 0 Å². The summed E-state index contributed by atoms with van der Waals surface area (Å²) in [7, 11) is 0. The van der Waals surface area contributed by atoms with Crippen LogP contribution in [0.4, 0.5) is 15.3 Å². The molecule has 8 nitrogen and oxygen atoms in total. The van der Waals surface area contributed by atoms with E-state index < -0.39 is 11.2 Å². The molecular formula is C31H39N3O5. The molecule has 8 heteroatoms. The van der Waals surface area contributed by atoms with Crippen molar-refractivity contribution in [1.82, 2.24) is 9.80 Å². The molecule has 3 amide bonds. The topological polar surface area (TPSA) is 88.2 Å². The first-order valence-electron chi connectivity index (χ1n) is 13.4. The normalized spacial score (nSPS) is 15.4. The van der Waals surface area contributed by atoms with Crippen molar-refractivity contribution >= 4 is 29.4 Å². The number of nitrogens with zero attached hydrogens (tertiary/aromatic N) is 2. The van der Waals surface area contributed by atoms with Gasteiger partial charge < -0.3 is 19.7 Å². The molecule has 0 aromatic heterocycles. The van der Waals surface area contributed by atoms with Crippen LogP contribution in [-0.2, 0) is 22.6 Å². The van der Waals surface area contributed by atoms with Crippen molar-refractivity contribution in [2.45, 2.75) is 79.2 Å². The Balaban J connectivity index is 1.38. The van der Waals surface area contributed by atoms with Gasteiger partial charge >= 0.3 is 12.2 Å². The number of carbonyl (C=O) groups is 3. The number of amides is 3. The molecule has 2 aliphatic heterocycles. The SMILES string of the molecule is Cc1cc(NC(=O)c2ccc3c(c2)CN(C(=O)OC(C)(C)C)C3)ccc1C1=CCN(C(=O)OC(C)(C)C)CC1. The Morgan fingerprint density at radius 2 is 1.46 bits per heavy atom.